The molecule has 2 atom stereocenters. The van der Waals surface area contributed by atoms with Crippen LogP contribution in [0.4, 0.5) is 0 Å². The molecule has 0 bridgehead atoms. The molecule has 0 aromatic heterocycles. The summed E-state index contributed by atoms with van der Waals surface area (Å²) in [5.74, 6) is 2.41. The predicted octanol–water partition coefficient (Wildman–Crippen LogP) is 2.66. The van der Waals surface area contributed by atoms with Crippen LogP contribution in [0, 0.1) is 11.8 Å². The van der Waals surface area contributed by atoms with Gasteiger partial charge < -0.3 is 0 Å². The molecule has 1 heteroatoms. The van der Waals surface area contributed by atoms with Gasteiger partial charge in [0, 0.05) is 8.80 Å². The van der Waals surface area contributed by atoms with Crippen LogP contribution < -0.4 is 0 Å². The maximum Gasteiger partial charge on any atom is 0.0342 e. The third-order valence-electron chi connectivity index (χ3n) is 3.48. The zero-order chi connectivity index (χ0) is 6.97. The third-order valence-corrected chi connectivity index (χ3v) is 6.30. The first-order valence-electron chi connectivity index (χ1n) is 4.86. The van der Waals surface area contributed by atoms with Crippen molar-refractivity contribution in [1.29, 1.82) is 0 Å². The second-order valence-corrected chi connectivity index (χ2v) is 7.53. The van der Waals surface area contributed by atoms with E-state index < -0.39 is 0 Å². The third kappa shape index (κ3) is 1.16. The Morgan fingerprint density at radius 2 is 1.50 bits per heavy atom. The molecule has 1 saturated heterocycles. The number of fused-ring (bicyclic) bond motifs is 1. The Kier molecular flexibility index (Phi) is 1.85. The molecule has 0 radical (unpaired) electrons. The van der Waals surface area contributed by atoms with E-state index in [9.17, 15) is 0 Å². The summed E-state index contributed by atoms with van der Waals surface area (Å²) in [6.07, 6.45) is 6.26. The van der Waals surface area contributed by atoms with E-state index in [0.717, 1.165) is 0 Å². The van der Waals surface area contributed by atoms with Crippen LogP contribution in [0.5, 0.6) is 0 Å². The zero-order valence-electron chi connectivity index (χ0n) is 6.97. The first kappa shape index (κ1) is 6.90. The Hall–Kier alpha value is 0.217. The van der Waals surface area contributed by atoms with Gasteiger partial charge in [0.2, 0.25) is 0 Å². The fourth-order valence-corrected chi connectivity index (χ4v) is 6.54. The van der Waals surface area contributed by atoms with Crippen LogP contribution in [0.25, 0.3) is 0 Å². The Bertz CT molecular complexity index is 108. The van der Waals surface area contributed by atoms with E-state index in [0.29, 0.717) is 0 Å². The Morgan fingerprint density at radius 1 is 1.00 bits per heavy atom. The van der Waals surface area contributed by atoms with Gasteiger partial charge in [-0.15, -0.1) is 0 Å². The molecule has 0 amide bonds. The topological polar surface area (TPSA) is 0 Å². The van der Waals surface area contributed by atoms with E-state index in [4.69, 9.17) is 0 Å². The van der Waals surface area contributed by atoms with Crippen molar-refractivity contribution < 1.29 is 0 Å². The largest absolute Gasteiger partial charge is 0.0720 e. The highest BCUT2D eigenvalue weighted by molar-refractivity contribution is 6.58. The molecule has 2 fully saturated rings. The van der Waals surface area contributed by atoms with Gasteiger partial charge in [-0.05, 0) is 11.8 Å². The highest BCUT2D eigenvalue weighted by Gasteiger charge is 2.33. The molecule has 1 heterocycles. The Labute approximate surface area is 65.6 Å². The average Bonchev–Trinajstić information content (AvgIpc) is 2.27. The summed E-state index contributed by atoms with van der Waals surface area (Å²) in [4.78, 5) is 0. The molecule has 58 valence electrons. The molecular weight excluding hydrogens is 136 g/mol. The Morgan fingerprint density at radius 3 is 2.00 bits per heavy atom. The molecular formula is C9H18Si. The molecule has 0 spiro atoms. The molecule has 0 aromatic carbocycles. The molecule has 10 heavy (non-hydrogen) atoms. The smallest absolute Gasteiger partial charge is 0.0342 e. The average molecular weight is 154 g/mol. The summed E-state index contributed by atoms with van der Waals surface area (Å²) >= 11 is 0. The van der Waals surface area contributed by atoms with E-state index in [1.807, 2.05) is 0 Å². The van der Waals surface area contributed by atoms with Crippen molar-refractivity contribution in [2.24, 2.45) is 11.8 Å². The predicted molar refractivity (Wildman–Crippen MR) is 48.1 cm³/mol. The normalized spacial score (nSPS) is 47.1. The standard InChI is InChI=1S/C9H18Si/c1-10-6-8-4-2-3-5-9(8)7-10/h8-10H,2-7H2,1H3. The lowest BCUT2D eigenvalue weighted by Gasteiger charge is -2.24. The lowest BCUT2D eigenvalue weighted by molar-refractivity contribution is 0.294. The molecule has 2 aliphatic rings. The van der Waals surface area contributed by atoms with Gasteiger partial charge in [-0.2, -0.15) is 0 Å². The summed E-state index contributed by atoms with van der Waals surface area (Å²) in [7, 11) is -0.160. The van der Waals surface area contributed by atoms with E-state index in [1.165, 1.54) is 11.8 Å². The minimum absolute atomic E-state index is 0.160. The summed E-state index contributed by atoms with van der Waals surface area (Å²) in [6, 6.07) is 3.37. The first-order valence-corrected chi connectivity index (χ1v) is 7.65. The van der Waals surface area contributed by atoms with Crippen LogP contribution in [0.3, 0.4) is 0 Å². The van der Waals surface area contributed by atoms with Crippen molar-refractivity contribution in [1.82, 2.24) is 0 Å². The molecule has 2 unspecified atom stereocenters. The molecule has 0 aromatic rings. The van der Waals surface area contributed by atoms with E-state index in [2.05, 4.69) is 6.55 Å². The van der Waals surface area contributed by atoms with Crippen LogP contribution in [0.2, 0.25) is 18.6 Å². The number of hydrogen-bond donors (Lipinski definition) is 0. The molecule has 2 rings (SSSR count). The van der Waals surface area contributed by atoms with Gasteiger partial charge in [0.1, 0.15) is 0 Å². The highest BCUT2D eigenvalue weighted by Crippen LogP contribution is 2.42. The monoisotopic (exact) mass is 154 g/mol. The summed E-state index contributed by atoms with van der Waals surface area (Å²) in [6.45, 7) is 2.57. The van der Waals surface area contributed by atoms with Crippen LogP contribution in [0.1, 0.15) is 25.7 Å². The molecule has 0 N–H and O–H groups in total. The van der Waals surface area contributed by atoms with Crippen LogP contribution in [-0.4, -0.2) is 8.80 Å². The maximum atomic E-state index is 2.57. The van der Waals surface area contributed by atoms with Crippen LogP contribution >= 0.6 is 0 Å². The Balaban J connectivity index is 1.97. The van der Waals surface area contributed by atoms with E-state index in [-0.39, 0.29) is 8.80 Å². The van der Waals surface area contributed by atoms with Crippen molar-refractivity contribution in [3.8, 4) is 0 Å². The zero-order valence-corrected chi connectivity index (χ0v) is 8.13. The van der Waals surface area contributed by atoms with Crippen LogP contribution in [-0.2, 0) is 0 Å². The SMILES string of the molecule is C[SiH]1CC2CCCCC2C1. The molecule has 1 aliphatic heterocycles. The minimum Gasteiger partial charge on any atom is -0.0720 e. The van der Waals surface area contributed by atoms with Gasteiger partial charge in [-0.1, -0.05) is 44.3 Å². The summed E-state index contributed by atoms with van der Waals surface area (Å²) in [5.41, 5.74) is 0. The van der Waals surface area contributed by atoms with Gasteiger partial charge in [0.25, 0.3) is 0 Å². The van der Waals surface area contributed by atoms with Gasteiger partial charge in [-0.25, -0.2) is 0 Å². The van der Waals surface area contributed by atoms with Gasteiger partial charge in [-0.3, -0.25) is 0 Å². The fraction of sp³-hybridized carbons (Fsp3) is 1.00. The molecule has 1 saturated carbocycles. The van der Waals surface area contributed by atoms with Crippen molar-refractivity contribution in [2.45, 2.75) is 44.3 Å². The lowest BCUT2D eigenvalue weighted by atomic mass is 9.82. The summed E-state index contributed by atoms with van der Waals surface area (Å²) in [5, 5.41) is 0. The van der Waals surface area contributed by atoms with Crippen molar-refractivity contribution in [3.05, 3.63) is 0 Å². The van der Waals surface area contributed by atoms with Gasteiger partial charge in [0.05, 0.1) is 0 Å². The minimum atomic E-state index is -0.160. The first-order chi connectivity index (χ1) is 4.86. The quantitative estimate of drug-likeness (QED) is 0.471. The second-order valence-electron chi connectivity index (χ2n) is 4.38. The fourth-order valence-electron chi connectivity index (χ4n) is 3.03. The van der Waals surface area contributed by atoms with Crippen LogP contribution in [0.15, 0.2) is 0 Å². The molecule has 1 aliphatic carbocycles. The van der Waals surface area contributed by atoms with Crippen molar-refractivity contribution >= 4 is 8.80 Å². The van der Waals surface area contributed by atoms with E-state index in [1.54, 1.807) is 37.8 Å². The lowest BCUT2D eigenvalue weighted by Crippen LogP contribution is -2.11. The second kappa shape index (κ2) is 2.69. The summed E-state index contributed by atoms with van der Waals surface area (Å²) < 4.78 is 0. The van der Waals surface area contributed by atoms with E-state index >= 15 is 0 Å². The number of rotatable bonds is 0. The van der Waals surface area contributed by atoms with Crippen molar-refractivity contribution in [3.63, 3.8) is 0 Å². The molecule has 0 nitrogen and oxygen atoms in total. The van der Waals surface area contributed by atoms with Gasteiger partial charge >= 0.3 is 0 Å². The maximum absolute atomic E-state index is 2.57. The highest BCUT2D eigenvalue weighted by atomic mass is 28.3. The number of hydrogen-bond acceptors (Lipinski definition) is 0. The van der Waals surface area contributed by atoms with Crippen molar-refractivity contribution in [2.75, 3.05) is 0 Å². The van der Waals surface area contributed by atoms with Gasteiger partial charge in [0.15, 0.2) is 0 Å².